The van der Waals surface area contributed by atoms with Crippen LogP contribution >= 0.6 is 0 Å². The first-order chi connectivity index (χ1) is 34.7. The van der Waals surface area contributed by atoms with Crippen molar-refractivity contribution in [2.75, 3.05) is 40.1 Å². The highest BCUT2D eigenvalue weighted by molar-refractivity contribution is 5.96. The first-order valence-electron chi connectivity index (χ1n) is 25.5. The van der Waals surface area contributed by atoms with Crippen LogP contribution in [0.4, 0.5) is 0 Å². The number of rotatable bonds is 10. The fourth-order valence-corrected chi connectivity index (χ4v) is 13.3. The topological polar surface area (TPSA) is 181 Å². The van der Waals surface area contributed by atoms with Gasteiger partial charge >= 0.3 is 0 Å². The summed E-state index contributed by atoms with van der Waals surface area (Å²) >= 11 is 0. The summed E-state index contributed by atoms with van der Waals surface area (Å²) in [6.45, 7) is 1.90. The van der Waals surface area contributed by atoms with Gasteiger partial charge in [-0.25, -0.2) is 0 Å². The van der Waals surface area contributed by atoms with Gasteiger partial charge in [0.25, 0.3) is 0 Å². The third-order valence-corrected chi connectivity index (χ3v) is 16.5. The van der Waals surface area contributed by atoms with Gasteiger partial charge in [0.15, 0.2) is 0 Å². The Morgan fingerprint density at radius 3 is 2.54 bits per heavy atom. The van der Waals surface area contributed by atoms with Crippen LogP contribution in [0.15, 0.2) is 91.0 Å². The summed E-state index contributed by atoms with van der Waals surface area (Å²) in [4.78, 5) is 0. The second kappa shape index (κ2) is 18.9. The first kappa shape index (κ1) is 46.1. The van der Waals surface area contributed by atoms with Gasteiger partial charge in [-0.15, -0.1) is 0 Å². The van der Waals surface area contributed by atoms with Crippen molar-refractivity contribution < 1.29 is 54.0 Å². The Bertz CT molecular complexity index is 2920. The summed E-state index contributed by atoms with van der Waals surface area (Å²) in [5.74, 6) is 7.89. The third-order valence-electron chi connectivity index (χ3n) is 16.5. The second-order valence-corrected chi connectivity index (χ2v) is 20.7. The van der Waals surface area contributed by atoms with Gasteiger partial charge in [0.05, 0.1) is 48.6 Å². The number of phenolic OH excluding ortho intramolecular Hbond substituents is 3. The largest absolute Gasteiger partial charge is 0.508 e. The molecule has 4 heterocycles. The molecule has 71 heavy (non-hydrogen) atoms. The number of aromatic hydroxyl groups is 3. The number of aliphatic hydroxyl groups is 2. The molecule has 5 aromatic rings. The van der Waals surface area contributed by atoms with E-state index in [-0.39, 0.29) is 54.3 Å². The molecule has 4 aliphatic heterocycles. The number of ether oxygens (including phenoxy) is 6. The van der Waals surface area contributed by atoms with E-state index in [1.165, 1.54) is 0 Å². The van der Waals surface area contributed by atoms with Crippen molar-refractivity contribution in [1.29, 1.82) is 0 Å². The number of benzene rings is 5. The molecule has 11 unspecified atom stereocenters. The lowest BCUT2D eigenvalue weighted by atomic mass is 9.56. The van der Waals surface area contributed by atoms with Gasteiger partial charge in [0.1, 0.15) is 53.0 Å². The predicted octanol–water partition coefficient (Wildman–Crippen LogP) is 7.98. The minimum Gasteiger partial charge on any atom is -0.508 e. The lowest BCUT2D eigenvalue weighted by Gasteiger charge is -2.61. The summed E-state index contributed by atoms with van der Waals surface area (Å²) in [6.07, 6.45) is 7.12. The normalized spacial score (nSPS) is 30.5. The van der Waals surface area contributed by atoms with Gasteiger partial charge in [-0.2, -0.15) is 0 Å². The number of fused-ring (bicyclic) bond motifs is 6. The Morgan fingerprint density at radius 2 is 1.69 bits per heavy atom. The molecule has 4 aliphatic carbocycles. The van der Waals surface area contributed by atoms with Gasteiger partial charge in [0, 0.05) is 84.5 Å². The maximum atomic E-state index is 13.3. The van der Waals surface area contributed by atoms with Crippen molar-refractivity contribution in [3.63, 3.8) is 0 Å². The minimum absolute atomic E-state index is 0.0350. The molecule has 13 rings (SSSR count). The number of hydrogen-bond donors (Lipinski definition) is 7. The van der Waals surface area contributed by atoms with Crippen LogP contribution in [0.2, 0.25) is 0 Å². The molecule has 11 atom stereocenters. The van der Waals surface area contributed by atoms with Gasteiger partial charge in [-0.3, -0.25) is 5.32 Å². The highest BCUT2D eigenvalue weighted by Crippen LogP contribution is 2.58. The molecule has 3 fully saturated rings. The molecule has 0 aromatic heterocycles. The molecule has 4 bridgehead atoms. The van der Waals surface area contributed by atoms with Gasteiger partial charge < -0.3 is 59.3 Å². The molecule has 1 saturated heterocycles. The molecule has 1 spiro atoms. The molecule has 2 saturated carbocycles. The number of hydrogen-bond acceptors (Lipinski definition) is 13. The van der Waals surface area contributed by atoms with Crippen LogP contribution in [0.3, 0.4) is 0 Å². The number of methoxy groups -OCH3 is 1. The maximum absolute atomic E-state index is 13.3. The molecule has 7 N–H and O–H groups in total. The van der Waals surface area contributed by atoms with Crippen molar-refractivity contribution >= 4 is 10.8 Å². The average Bonchev–Trinajstić information content (AvgIpc) is 3.88. The van der Waals surface area contributed by atoms with E-state index in [4.69, 9.17) is 28.4 Å². The zero-order chi connectivity index (χ0) is 48.4. The van der Waals surface area contributed by atoms with E-state index in [0.717, 1.165) is 58.9 Å². The minimum atomic E-state index is -1.07. The Balaban J connectivity index is 1.01. The number of phenols is 3. The summed E-state index contributed by atoms with van der Waals surface area (Å²) in [7, 11) is 1.69. The number of nitrogens with one attached hydrogen (secondary N) is 2. The Kier molecular flexibility index (Phi) is 12.3. The van der Waals surface area contributed by atoms with E-state index in [1.807, 2.05) is 36.4 Å². The molecular formula is C58H62N2O11. The van der Waals surface area contributed by atoms with Crippen molar-refractivity contribution in [1.82, 2.24) is 10.6 Å². The molecule has 0 amide bonds. The monoisotopic (exact) mass is 962 g/mol. The predicted molar refractivity (Wildman–Crippen MR) is 266 cm³/mol. The fraction of sp³-hybridized carbons (Fsp3) is 0.448. The Hall–Kier alpha value is -5.98. The van der Waals surface area contributed by atoms with Crippen LogP contribution in [-0.4, -0.2) is 95.6 Å². The van der Waals surface area contributed by atoms with Gasteiger partial charge in [-0.05, 0) is 122 Å². The van der Waals surface area contributed by atoms with Crippen LogP contribution in [0.25, 0.3) is 21.9 Å². The molecule has 13 nitrogen and oxygen atoms in total. The van der Waals surface area contributed by atoms with Crippen molar-refractivity contribution in [3.8, 4) is 63.2 Å². The van der Waals surface area contributed by atoms with Crippen LogP contribution in [0.1, 0.15) is 79.4 Å². The Labute approximate surface area is 413 Å². The van der Waals surface area contributed by atoms with Crippen molar-refractivity contribution in [3.05, 3.63) is 113 Å². The van der Waals surface area contributed by atoms with Crippen LogP contribution in [0.5, 0.6) is 40.2 Å². The SMILES string of the molecule is COCCCC1Oc2c3cc(c4cc(O)ccc24)OCC#CC2CNCNC24C2C=CC(C(O)C2)C4OC3C1C1COc2c(Cc3cc(O)ccc3-c3cccc(O)c3)cc(OC3CCCC3)cc2C1O. The van der Waals surface area contributed by atoms with Crippen LogP contribution < -0.4 is 29.6 Å². The summed E-state index contributed by atoms with van der Waals surface area (Å²) in [5, 5.41) is 66.2. The lowest BCUT2D eigenvalue weighted by molar-refractivity contribution is -0.201. The quantitative estimate of drug-likeness (QED) is 0.0407. The molecule has 5 aromatic carbocycles. The zero-order valence-corrected chi connectivity index (χ0v) is 39.9. The van der Waals surface area contributed by atoms with E-state index in [0.29, 0.717) is 79.5 Å². The smallest absolute Gasteiger partial charge is 0.149 e. The highest BCUT2D eigenvalue weighted by atomic mass is 16.5. The molecule has 370 valence electrons. The molecule has 8 aliphatic rings. The second-order valence-electron chi connectivity index (χ2n) is 20.7. The standard InChI is InChI=1S/C58H62N2O11/c1-66-19-6-12-50-52(48-30-68-54-34(24-41(27-46(54)53(48)65)69-40-10-2-3-11-40)21-33-23-38(62)14-17-42(33)32-7-4-9-37(61)22-32)56-47-28-51(45-26-39(63)15-18-43(45)55(47)70-50)67-20-5-8-36-29-59-31-60-58(36)35-13-16-44(49(64)25-35)57(58)71-56/h4,7,9,13-18,22-24,26-28,35-36,40,44,48-50,52-53,56-57,59-65H,2-3,6,10-12,19-21,25,29-31H2,1H3. The Morgan fingerprint density at radius 1 is 0.845 bits per heavy atom. The molecular weight excluding hydrogens is 901 g/mol. The lowest BCUT2D eigenvalue weighted by Crippen LogP contribution is -2.76. The first-order valence-corrected chi connectivity index (χ1v) is 25.5. The molecule has 13 heteroatoms. The van der Waals surface area contributed by atoms with Gasteiger partial charge in [0.2, 0.25) is 0 Å². The highest BCUT2D eigenvalue weighted by Gasteiger charge is 2.62. The van der Waals surface area contributed by atoms with E-state index < -0.39 is 47.9 Å². The third kappa shape index (κ3) is 8.23. The van der Waals surface area contributed by atoms with Crippen LogP contribution in [0, 0.1) is 41.4 Å². The average molecular weight is 963 g/mol. The van der Waals surface area contributed by atoms with E-state index in [2.05, 4.69) is 34.6 Å². The summed E-state index contributed by atoms with van der Waals surface area (Å²) in [5.41, 5.74) is 3.95. The fourth-order valence-electron chi connectivity index (χ4n) is 13.3. The number of aliphatic hydroxyl groups excluding tert-OH is 2. The summed E-state index contributed by atoms with van der Waals surface area (Å²) < 4.78 is 41.2. The van der Waals surface area contributed by atoms with E-state index in [9.17, 15) is 25.5 Å². The summed E-state index contributed by atoms with van der Waals surface area (Å²) in [6, 6.07) is 23.4. The van der Waals surface area contributed by atoms with Crippen molar-refractivity contribution in [2.45, 2.75) is 93.5 Å². The van der Waals surface area contributed by atoms with Gasteiger partial charge in [-0.1, -0.05) is 42.2 Å². The molecule has 0 radical (unpaired) electrons. The zero-order valence-electron chi connectivity index (χ0n) is 39.9. The van der Waals surface area contributed by atoms with E-state index >= 15 is 0 Å². The van der Waals surface area contributed by atoms with Crippen molar-refractivity contribution in [2.24, 2.45) is 29.6 Å². The maximum Gasteiger partial charge on any atom is 0.149 e. The van der Waals surface area contributed by atoms with Crippen LogP contribution in [-0.2, 0) is 15.9 Å². The van der Waals surface area contributed by atoms with E-state index in [1.54, 1.807) is 49.6 Å².